The molecule has 2 aromatic rings. The van der Waals surface area contributed by atoms with Crippen molar-refractivity contribution in [1.29, 1.82) is 0 Å². The minimum Gasteiger partial charge on any atom is -0.468 e. The van der Waals surface area contributed by atoms with E-state index in [4.69, 9.17) is 21.1 Å². The van der Waals surface area contributed by atoms with Gasteiger partial charge in [0.2, 0.25) is 0 Å². The van der Waals surface area contributed by atoms with E-state index in [9.17, 15) is 0 Å². The quantitative estimate of drug-likeness (QED) is 0.771. The van der Waals surface area contributed by atoms with E-state index in [0.717, 1.165) is 26.6 Å². The lowest BCUT2D eigenvalue weighted by atomic mass is 10.5. The zero-order chi connectivity index (χ0) is 11.2. The zero-order valence-corrected chi connectivity index (χ0v) is 10.9. The molecule has 0 aliphatic carbocycles. The fraction of sp³-hybridized carbons (Fsp3) is 0.182. The third-order valence-electron chi connectivity index (χ3n) is 1.82. The Balaban J connectivity index is 1.69. The summed E-state index contributed by atoms with van der Waals surface area (Å²) < 4.78 is 11.4. The first-order valence-electron chi connectivity index (χ1n) is 4.69. The van der Waals surface area contributed by atoms with Crippen LogP contribution in [0.5, 0.6) is 0 Å². The minimum atomic E-state index is 0.789. The summed E-state index contributed by atoms with van der Waals surface area (Å²) in [6.07, 6.45) is 3.35. The molecule has 0 amide bonds. The normalized spacial score (nSPS) is 10.5. The van der Waals surface area contributed by atoms with Crippen molar-refractivity contribution in [2.24, 2.45) is 0 Å². The van der Waals surface area contributed by atoms with Gasteiger partial charge in [0.25, 0.3) is 0 Å². The topological polar surface area (TPSA) is 26.3 Å². The third-order valence-corrected chi connectivity index (χ3v) is 4.57. The van der Waals surface area contributed by atoms with Crippen molar-refractivity contribution in [3.05, 3.63) is 48.3 Å². The fourth-order valence-corrected chi connectivity index (χ4v) is 2.98. The Kier molecular flexibility index (Phi) is 4.56. The van der Waals surface area contributed by atoms with Crippen LogP contribution in [-0.2, 0) is 11.5 Å². The van der Waals surface area contributed by atoms with Crippen molar-refractivity contribution in [1.82, 2.24) is 0 Å². The van der Waals surface area contributed by atoms with Gasteiger partial charge in [-0.1, -0.05) is 35.7 Å². The molecule has 84 valence electrons. The van der Waals surface area contributed by atoms with Crippen molar-refractivity contribution in [2.75, 3.05) is 0 Å². The maximum Gasteiger partial charge on any atom is 0.114 e. The second kappa shape index (κ2) is 6.18. The number of rotatable bonds is 4. The molecule has 0 spiro atoms. The molecule has 0 aliphatic heterocycles. The van der Waals surface area contributed by atoms with Gasteiger partial charge >= 0.3 is 0 Å². The summed E-state index contributed by atoms with van der Waals surface area (Å²) in [5.74, 6) is 3.48. The Bertz CT molecular complexity index is 380. The van der Waals surface area contributed by atoms with Gasteiger partial charge in [0, 0.05) is 0 Å². The lowest BCUT2D eigenvalue weighted by Gasteiger charge is -2.00. The maximum absolute atomic E-state index is 5.24. The molecular weight excluding hydrogens is 260 g/mol. The van der Waals surface area contributed by atoms with Gasteiger partial charge in [-0.2, -0.15) is 0 Å². The van der Waals surface area contributed by atoms with Gasteiger partial charge in [-0.05, 0) is 24.3 Å². The number of furan rings is 2. The molecule has 2 aromatic heterocycles. The summed E-state index contributed by atoms with van der Waals surface area (Å²) in [7, 11) is 0. The molecular formula is C11H10O2S3. The molecule has 0 N–H and O–H groups in total. The molecule has 0 fully saturated rings. The summed E-state index contributed by atoms with van der Waals surface area (Å²) in [5, 5.41) is 0. The van der Waals surface area contributed by atoms with Crippen LogP contribution in [0.25, 0.3) is 0 Å². The van der Waals surface area contributed by atoms with Gasteiger partial charge in [0.1, 0.15) is 15.0 Å². The molecule has 0 aromatic carbocycles. The average molecular weight is 270 g/mol. The molecule has 0 saturated carbocycles. The number of hydrogen-bond donors (Lipinski definition) is 0. The van der Waals surface area contributed by atoms with Crippen LogP contribution in [0.4, 0.5) is 0 Å². The predicted molar refractivity (Wildman–Crippen MR) is 72.6 cm³/mol. The standard InChI is InChI=1S/C11H10O2S3/c14-11(15-7-9-3-1-5-12-9)16-8-10-4-2-6-13-10/h1-6H,7-8H2. The van der Waals surface area contributed by atoms with E-state index >= 15 is 0 Å². The van der Waals surface area contributed by atoms with Gasteiger partial charge in [0.15, 0.2) is 0 Å². The summed E-state index contributed by atoms with van der Waals surface area (Å²) in [4.78, 5) is 0. The first-order chi connectivity index (χ1) is 7.84. The molecule has 0 aliphatic rings. The molecule has 16 heavy (non-hydrogen) atoms. The zero-order valence-electron chi connectivity index (χ0n) is 8.42. The smallest absolute Gasteiger partial charge is 0.114 e. The molecule has 2 heterocycles. The van der Waals surface area contributed by atoms with E-state index in [2.05, 4.69) is 0 Å². The predicted octanol–water partition coefficient (Wildman–Crippen LogP) is 4.32. The molecule has 0 radical (unpaired) electrons. The second-order valence-corrected chi connectivity index (χ2v) is 6.14. The highest BCUT2D eigenvalue weighted by molar-refractivity contribution is 8.46. The molecule has 0 saturated heterocycles. The van der Waals surface area contributed by atoms with E-state index in [1.165, 1.54) is 0 Å². The van der Waals surface area contributed by atoms with Crippen LogP contribution in [0, 0.1) is 0 Å². The minimum absolute atomic E-state index is 0.789. The van der Waals surface area contributed by atoms with Gasteiger partial charge < -0.3 is 8.83 Å². The number of thiocarbonyl (C=S) groups is 1. The Hall–Kier alpha value is -0.650. The summed E-state index contributed by atoms with van der Waals surface area (Å²) in [6.45, 7) is 0. The fourth-order valence-electron chi connectivity index (χ4n) is 1.09. The Labute approximate surface area is 108 Å². The summed E-state index contributed by atoms with van der Waals surface area (Å²) in [5.41, 5.74) is 0. The average Bonchev–Trinajstić information content (AvgIpc) is 2.96. The molecule has 2 rings (SSSR count). The van der Waals surface area contributed by atoms with Crippen LogP contribution in [0.2, 0.25) is 0 Å². The molecule has 2 nitrogen and oxygen atoms in total. The van der Waals surface area contributed by atoms with E-state index in [1.807, 2.05) is 24.3 Å². The molecule has 0 atom stereocenters. The lowest BCUT2D eigenvalue weighted by Crippen LogP contribution is -1.84. The SMILES string of the molecule is S=C(SCc1ccco1)SCc1ccco1. The largest absolute Gasteiger partial charge is 0.468 e. The third kappa shape index (κ3) is 3.73. The van der Waals surface area contributed by atoms with Crippen molar-refractivity contribution in [3.63, 3.8) is 0 Å². The Morgan fingerprint density at radius 3 is 1.88 bits per heavy atom. The highest BCUT2D eigenvalue weighted by Crippen LogP contribution is 2.24. The van der Waals surface area contributed by atoms with E-state index in [-0.39, 0.29) is 0 Å². The number of thioether (sulfide) groups is 2. The van der Waals surface area contributed by atoms with Crippen LogP contribution in [0.1, 0.15) is 11.5 Å². The maximum atomic E-state index is 5.24. The van der Waals surface area contributed by atoms with Crippen LogP contribution >= 0.6 is 35.7 Å². The first-order valence-corrected chi connectivity index (χ1v) is 7.07. The van der Waals surface area contributed by atoms with Crippen molar-refractivity contribution < 1.29 is 8.83 Å². The van der Waals surface area contributed by atoms with Gasteiger partial charge in [0.05, 0.1) is 24.0 Å². The second-order valence-electron chi connectivity index (χ2n) is 2.99. The van der Waals surface area contributed by atoms with Gasteiger partial charge in [-0.15, -0.1) is 0 Å². The van der Waals surface area contributed by atoms with Crippen LogP contribution in [0.3, 0.4) is 0 Å². The molecule has 0 bridgehead atoms. The monoisotopic (exact) mass is 270 g/mol. The van der Waals surface area contributed by atoms with Crippen LogP contribution in [-0.4, -0.2) is 3.53 Å². The Morgan fingerprint density at radius 1 is 1.00 bits per heavy atom. The van der Waals surface area contributed by atoms with Gasteiger partial charge in [-0.3, -0.25) is 0 Å². The van der Waals surface area contributed by atoms with Crippen molar-refractivity contribution >= 4 is 39.3 Å². The first kappa shape index (κ1) is 11.8. The molecule has 0 unspecified atom stereocenters. The molecule has 5 heteroatoms. The number of hydrogen-bond acceptors (Lipinski definition) is 5. The van der Waals surface area contributed by atoms with Crippen LogP contribution in [0.15, 0.2) is 45.6 Å². The van der Waals surface area contributed by atoms with E-state index < -0.39 is 0 Å². The van der Waals surface area contributed by atoms with E-state index in [1.54, 1.807) is 36.1 Å². The lowest BCUT2D eigenvalue weighted by molar-refractivity contribution is 0.530. The van der Waals surface area contributed by atoms with Crippen LogP contribution < -0.4 is 0 Å². The van der Waals surface area contributed by atoms with E-state index in [0.29, 0.717) is 0 Å². The highest BCUT2D eigenvalue weighted by atomic mass is 32.2. The van der Waals surface area contributed by atoms with Crippen molar-refractivity contribution in [2.45, 2.75) is 11.5 Å². The van der Waals surface area contributed by atoms with Gasteiger partial charge in [-0.25, -0.2) is 0 Å². The summed E-state index contributed by atoms with van der Waals surface area (Å²) >= 11 is 8.47. The van der Waals surface area contributed by atoms with Crippen molar-refractivity contribution in [3.8, 4) is 0 Å². The Morgan fingerprint density at radius 2 is 1.50 bits per heavy atom. The summed E-state index contributed by atoms with van der Waals surface area (Å²) in [6, 6.07) is 7.67. The highest BCUT2D eigenvalue weighted by Gasteiger charge is 2.03.